The molecule has 3 aliphatic rings. The molecule has 1 saturated heterocycles. The van der Waals surface area contributed by atoms with E-state index in [2.05, 4.69) is 29.0 Å². The Morgan fingerprint density at radius 1 is 1.20 bits per heavy atom. The number of allylic oxidation sites excluding steroid dienone is 1. The van der Waals surface area contributed by atoms with Crippen LogP contribution in [0.15, 0.2) is 11.9 Å². The Kier molecular flexibility index (Phi) is 2.59. The van der Waals surface area contributed by atoms with Crippen molar-refractivity contribution in [3.63, 3.8) is 0 Å². The van der Waals surface area contributed by atoms with Gasteiger partial charge in [0.05, 0.1) is 0 Å². The molecular weight excluding hydrogens is 204 g/mol. The molecule has 84 valence electrons. The fraction of sp³-hybridized carbons (Fsp3) is 0.833. The highest BCUT2D eigenvalue weighted by Gasteiger charge is 2.37. The molecule has 2 unspecified atom stereocenters. The zero-order valence-electron chi connectivity index (χ0n) is 9.15. The molecule has 0 amide bonds. The van der Waals surface area contributed by atoms with Gasteiger partial charge in [-0.3, -0.25) is 0 Å². The van der Waals surface area contributed by atoms with E-state index >= 15 is 0 Å². The summed E-state index contributed by atoms with van der Waals surface area (Å²) in [5.74, 6) is 1.90. The molecule has 0 aromatic carbocycles. The molecule has 1 aliphatic carbocycles. The molecule has 2 nitrogen and oxygen atoms in total. The van der Waals surface area contributed by atoms with Crippen LogP contribution in [-0.4, -0.2) is 16.9 Å². The van der Waals surface area contributed by atoms with Crippen molar-refractivity contribution in [2.75, 3.05) is 6.54 Å². The van der Waals surface area contributed by atoms with E-state index in [-0.39, 0.29) is 5.50 Å². The van der Waals surface area contributed by atoms with Crippen LogP contribution in [0.1, 0.15) is 38.5 Å². The van der Waals surface area contributed by atoms with Crippen molar-refractivity contribution in [1.29, 1.82) is 0 Å². The van der Waals surface area contributed by atoms with Crippen molar-refractivity contribution in [2.24, 2.45) is 11.8 Å². The minimum Gasteiger partial charge on any atom is -0.361 e. The topological polar surface area (TPSA) is 15.3 Å². The first-order valence-corrected chi connectivity index (χ1v) is 6.76. The maximum atomic E-state index is 4.53. The third kappa shape index (κ3) is 1.75. The number of hydrogen-bond acceptors (Lipinski definition) is 3. The smallest absolute Gasteiger partial charge is 0.144 e. The molecule has 2 atom stereocenters. The van der Waals surface area contributed by atoms with Crippen LogP contribution in [-0.2, 0) is 0 Å². The molecule has 0 bridgehead atoms. The number of fused-ring (bicyclic) bond motifs is 1. The highest BCUT2D eigenvalue weighted by atomic mass is 32.1. The number of thiol groups is 1. The van der Waals surface area contributed by atoms with Crippen LogP contribution in [0, 0.1) is 11.8 Å². The summed E-state index contributed by atoms with van der Waals surface area (Å²) in [5.41, 5.74) is 1.74. The number of rotatable bonds is 1. The van der Waals surface area contributed by atoms with Gasteiger partial charge in [-0.05, 0) is 18.3 Å². The van der Waals surface area contributed by atoms with Gasteiger partial charge in [0, 0.05) is 18.4 Å². The van der Waals surface area contributed by atoms with Gasteiger partial charge in [-0.2, -0.15) is 0 Å². The third-order valence-electron chi connectivity index (χ3n) is 4.28. The van der Waals surface area contributed by atoms with Crippen molar-refractivity contribution in [2.45, 2.75) is 44.0 Å². The van der Waals surface area contributed by atoms with Gasteiger partial charge in [-0.1, -0.05) is 32.1 Å². The second-order valence-corrected chi connectivity index (χ2v) is 5.68. The van der Waals surface area contributed by atoms with Crippen molar-refractivity contribution >= 4 is 12.6 Å². The Bertz CT molecular complexity index is 271. The van der Waals surface area contributed by atoms with Crippen LogP contribution in [0.2, 0.25) is 0 Å². The lowest BCUT2D eigenvalue weighted by atomic mass is 9.79. The number of hydrogen-bond donors (Lipinski definition) is 2. The summed E-state index contributed by atoms with van der Waals surface area (Å²) >= 11 is 4.53. The minimum absolute atomic E-state index is 0.244. The van der Waals surface area contributed by atoms with Gasteiger partial charge >= 0.3 is 0 Å². The largest absolute Gasteiger partial charge is 0.361 e. The molecule has 1 N–H and O–H groups in total. The highest BCUT2D eigenvalue weighted by Crippen LogP contribution is 2.40. The van der Waals surface area contributed by atoms with Gasteiger partial charge < -0.3 is 10.2 Å². The molecule has 2 aliphatic heterocycles. The summed E-state index contributed by atoms with van der Waals surface area (Å²) in [4.78, 5) is 2.43. The van der Waals surface area contributed by atoms with Crippen molar-refractivity contribution in [1.82, 2.24) is 10.2 Å². The maximum Gasteiger partial charge on any atom is 0.144 e. The lowest BCUT2D eigenvalue weighted by Gasteiger charge is -2.28. The van der Waals surface area contributed by atoms with E-state index in [0.717, 1.165) is 11.8 Å². The SMILES string of the molecule is SC1NC=C2CC(C3CCCCC3)CN21. The Balaban J connectivity index is 1.65. The second kappa shape index (κ2) is 3.93. The monoisotopic (exact) mass is 224 g/mol. The molecule has 0 aromatic heterocycles. The quantitative estimate of drug-likeness (QED) is 0.666. The lowest BCUT2D eigenvalue weighted by Crippen LogP contribution is -2.32. The molecule has 2 fully saturated rings. The molecule has 0 radical (unpaired) electrons. The van der Waals surface area contributed by atoms with E-state index in [1.165, 1.54) is 50.8 Å². The fourth-order valence-electron chi connectivity index (χ4n) is 3.40. The predicted octanol–water partition coefficient (Wildman–Crippen LogP) is 2.55. The highest BCUT2D eigenvalue weighted by molar-refractivity contribution is 7.80. The molecule has 1 saturated carbocycles. The molecule has 3 rings (SSSR count). The average molecular weight is 224 g/mol. The van der Waals surface area contributed by atoms with Crippen molar-refractivity contribution < 1.29 is 0 Å². The van der Waals surface area contributed by atoms with Gasteiger partial charge in [-0.15, -0.1) is 12.6 Å². The van der Waals surface area contributed by atoms with E-state index in [4.69, 9.17) is 0 Å². The van der Waals surface area contributed by atoms with E-state index in [1.807, 2.05) is 0 Å². The summed E-state index contributed by atoms with van der Waals surface area (Å²) in [6.45, 7) is 1.23. The van der Waals surface area contributed by atoms with Gasteiger partial charge in [0.1, 0.15) is 5.50 Å². The van der Waals surface area contributed by atoms with Crippen LogP contribution in [0.3, 0.4) is 0 Å². The summed E-state index contributed by atoms with van der Waals surface area (Å²) in [7, 11) is 0. The minimum atomic E-state index is 0.244. The zero-order valence-corrected chi connectivity index (χ0v) is 10.0. The fourth-order valence-corrected chi connectivity index (χ4v) is 3.72. The molecular formula is C12H20N2S. The van der Waals surface area contributed by atoms with Crippen LogP contribution in [0.25, 0.3) is 0 Å². The molecule has 15 heavy (non-hydrogen) atoms. The Labute approximate surface area is 97.5 Å². The number of nitrogens with one attached hydrogen (secondary N) is 1. The molecule has 3 heteroatoms. The van der Waals surface area contributed by atoms with Crippen LogP contribution >= 0.6 is 12.6 Å². The van der Waals surface area contributed by atoms with Crippen molar-refractivity contribution in [3.8, 4) is 0 Å². The number of nitrogens with zero attached hydrogens (tertiary/aromatic N) is 1. The predicted molar refractivity (Wildman–Crippen MR) is 65.4 cm³/mol. The lowest BCUT2D eigenvalue weighted by molar-refractivity contribution is 0.235. The van der Waals surface area contributed by atoms with Crippen LogP contribution in [0.5, 0.6) is 0 Å². The van der Waals surface area contributed by atoms with E-state index in [0.29, 0.717) is 0 Å². The second-order valence-electron chi connectivity index (χ2n) is 5.19. The van der Waals surface area contributed by atoms with Gasteiger partial charge in [-0.25, -0.2) is 0 Å². The Morgan fingerprint density at radius 2 is 2.00 bits per heavy atom. The standard InChI is InChI=1S/C12H20N2S/c15-12-13-7-11-6-10(8-14(11)12)9-4-2-1-3-5-9/h7,9-10,12-13,15H,1-6,8H2. The van der Waals surface area contributed by atoms with Gasteiger partial charge in [0.25, 0.3) is 0 Å². The first kappa shape index (κ1) is 9.88. The Hall–Kier alpha value is -0.310. The van der Waals surface area contributed by atoms with Gasteiger partial charge in [0.2, 0.25) is 0 Å². The third-order valence-corrected chi connectivity index (χ3v) is 4.71. The van der Waals surface area contributed by atoms with Crippen LogP contribution in [0.4, 0.5) is 0 Å². The van der Waals surface area contributed by atoms with E-state index in [9.17, 15) is 0 Å². The summed E-state index contributed by atoms with van der Waals surface area (Å²) in [6.07, 6.45) is 10.8. The van der Waals surface area contributed by atoms with E-state index in [1.54, 1.807) is 0 Å². The average Bonchev–Trinajstić information content (AvgIpc) is 2.83. The summed E-state index contributed by atoms with van der Waals surface area (Å²) in [6, 6.07) is 0. The normalized spacial score (nSPS) is 36.3. The molecule has 2 heterocycles. The first-order valence-electron chi connectivity index (χ1n) is 6.24. The van der Waals surface area contributed by atoms with E-state index < -0.39 is 0 Å². The summed E-state index contributed by atoms with van der Waals surface area (Å²) < 4.78 is 0. The molecule has 0 spiro atoms. The Morgan fingerprint density at radius 3 is 2.73 bits per heavy atom. The summed E-state index contributed by atoms with van der Waals surface area (Å²) in [5, 5.41) is 3.27. The first-order chi connectivity index (χ1) is 7.34. The van der Waals surface area contributed by atoms with Crippen LogP contribution < -0.4 is 5.32 Å². The maximum absolute atomic E-state index is 4.53. The zero-order chi connectivity index (χ0) is 10.3. The molecule has 0 aromatic rings. The van der Waals surface area contributed by atoms with Crippen molar-refractivity contribution in [3.05, 3.63) is 11.9 Å². The van der Waals surface area contributed by atoms with Gasteiger partial charge in [0.15, 0.2) is 0 Å².